The minimum atomic E-state index is -3.46. The number of hydrogen-bond acceptors (Lipinski definition) is 3. The van der Waals surface area contributed by atoms with Crippen molar-refractivity contribution >= 4 is 15.9 Å². The molecule has 6 nitrogen and oxygen atoms in total. The Morgan fingerprint density at radius 2 is 1.75 bits per heavy atom. The third-order valence-electron chi connectivity index (χ3n) is 6.05. The van der Waals surface area contributed by atoms with E-state index in [-0.39, 0.29) is 10.8 Å². The van der Waals surface area contributed by atoms with Crippen molar-refractivity contribution in [1.82, 2.24) is 9.62 Å². The molecule has 0 aliphatic carbocycles. The number of carbonyl (C=O) groups excluding carboxylic acids is 1. The average Bonchev–Trinajstić information content (AvgIpc) is 2.72. The summed E-state index contributed by atoms with van der Waals surface area (Å²) >= 11 is 0. The van der Waals surface area contributed by atoms with Gasteiger partial charge in [-0.1, -0.05) is 6.92 Å². The number of sulfonamides is 1. The summed E-state index contributed by atoms with van der Waals surface area (Å²) in [6.45, 7) is 7.57. The number of piperidine rings is 2. The van der Waals surface area contributed by atoms with Crippen LogP contribution in [0, 0.1) is 5.92 Å². The number of benzene rings is 1. The maximum Gasteiger partial charge on any atom is 0.251 e. The van der Waals surface area contributed by atoms with Gasteiger partial charge in [-0.2, -0.15) is 4.31 Å². The number of carbonyl (C=O) groups is 1. The molecule has 0 aromatic heterocycles. The summed E-state index contributed by atoms with van der Waals surface area (Å²) in [6.07, 6.45) is 6.75. The molecule has 2 aliphatic rings. The highest BCUT2D eigenvalue weighted by molar-refractivity contribution is 7.89. The van der Waals surface area contributed by atoms with Gasteiger partial charge in [0, 0.05) is 31.6 Å². The van der Waals surface area contributed by atoms with E-state index in [1.54, 1.807) is 33.5 Å². The molecule has 0 atom stereocenters. The van der Waals surface area contributed by atoms with Gasteiger partial charge in [0.2, 0.25) is 10.0 Å². The fourth-order valence-electron chi connectivity index (χ4n) is 4.10. The molecule has 0 unspecified atom stereocenters. The van der Waals surface area contributed by atoms with Crippen molar-refractivity contribution in [3.05, 3.63) is 29.8 Å². The van der Waals surface area contributed by atoms with Gasteiger partial charge in [-0.25, -0.2) is 8.42 Å². The van der Waals surface area contributed by atoms with E-state index in [0.29, 0.717) is 31.1 Å². The highest BCUT2D eigenvalue weighted by Crippen LogP contribution is 2.23. The predicted molar refractivity (Wildman–Crippen MR) is 110 cm³/mol. The number of amides is 1. The highest BCUT2D eigenvalue weighted by Gasteiger charge is 2.28. The minimum Gasteiger partial charge on any atom is -0.352 e. The Kier molecular flexibility index (Phi) is 7.48. The fourth-order valence-corrected chi connectivity index (χ4v) is 5.57. The number of rotatable bonds is 7. The Morgan fingerprint density at radius 3 is 2.39 bits per heavy atom. The topological polar surface area (TPSA) is 70.9 Å². The molecular weight excluding hydrogens is 374 g/mol. The van der Waals surface area contributed by atoms with Gasteiger partial charge in [0.25, 0.3) is 5.91 Å². The lowest BCUT2D eigenvalue weighted by atomic mass is 10.0. The lowest BCUT2D eigenvalue weighted by Gasteiger charge is -2.29. The van der Waals surface area contributed by atoms with Crippen LogP contribution in [0.2, 0.25) is 0 Å². The van der Waals surface area contributed by atoms with E-state index in [1.807, 2.05) is 0 Å². The molecule has 2 fully saturated rings. The Bertz CT molecular complexity index is 735. The highest BCUT2D eigenvalue weighted by atomic mass is 32.2. The van der Waals surface area contributed by atoms with Crippen LogP contribution in [0.1, 0.15) is 55.8 Å². The van der Waals surface area contributed by atoms with Gasteiger partial charge >= 0.3 is 0 Å². The summed E-state index contributed by atoms with van der Waals surface area (Å²) in [5, 5.41) is 2.95. The predicted octanol–water partition coefficient (Wildman–Crippen LogP) is 1.30. The van der Waals surface area contributed by atoms with Crippen molar-refractivity contribution in [2.45, 2.75) is 50.3 Å². The normalized spacial score (nSPS) is 20.2. The van der Waals surface area contributed by atoms with Gasteiger partial charge in [-0.15, -0.1) is 0 Å². The van der Waals surface area contributed by atoms with Crippen LogP contribution in [-0.4, -0.2) is 57.9 Å². The Balaban J connectivity index is 1.48. The SMILES string of the molecule is CC1CCN(S(=O)(=O)c2ccc(C(=O)NCCC[NH+]3CCCCC3)cc2)CC1. The number of nitrogens with zero attached hydrogens (tertiary/aromatic N) is 1. The van der Waals surface area contributed by atoms with E-state index in [0.717, 1.165) is 25.8 Å². The van der Waals surface area contributed by atoms with Crippen molar-refractivity contribution in [3.8, 4) is 0 Å². The summed E-state index contributed by atoms with van der Waals surface area (Å²) in [4.78, 5) is 14.2. The molecular formula is C21H34N3O3S+. The van der Waals surface area contributed by atoms with Crippen LogP contribution < -0.4 is 10.2 Å². The molecule has 0 bridgehead atoms. The molecule has 0 spiro atoms. The second kappa shape index (κ2) is 9.85. The smallest absolute Gasteiger partial charge is 0.251 e. The van der Waals surface area contributed by atoms with Crippen molar-refractivity contribution in [3.63, 3.8) is 0 Å². The van der Waals surface area contributed by atoms with Crippen LogP contribution in [0.4, 0.5) is 0 Å². The molecule has 156 valence electrons. The van der Waals surface area contributed by atoms with E-state index >= 15 is 0 Å². The second-order valence-electron chi connectivity index (χ2n) is 8.28. The summed E-state index contributed by atoms with van der Waals surface area (Å²) in [5.74, 6) is 0.443. The lowest BCUT2D eigenvalue weighted by molar-refractivity contribution is -0.904. The first-order chi connectivity index (χ1) is 13.5. The van der Waals surface area contributed by atoms with Crippen LogP contribution in [0.5, 0.6) is 0 Å². The average molecular weight is 409 g/mol. The van der Waals surface area contributed by atoms with Crippen molar-refractivity contribution in [2.24, 2.45) is 5.92 Å². The van der Waals surface area contributed by atoms with Gasteiger partial charge in [0.1, 0.15) is 0 Å². The molecule has 28 heavy (non-hydrogen) atoms. The molecule has 2 aliphatic heterocycles. The third kappa shape index (κ3) is 5.55. The first-order valence-electron chi connectivity index (χ1n) is 10.7. The molecule has 0 radical (unpaired) electrons. The maximum atomic E-state index is 12.8. The van der Waals surface area contributed by atoms with Crippen LogP contribution >= 0.6 is 0 Å². The Hall–Kier alpha value is -1.44. The zero-order valence-corrected chi connectivity index (χ0v) is 17.8. The largest absolute Gasteiger partial charge is 0.352 e. The summed E-state index contributed by atoms with van der Waals surface area (Å²) < 4.78 is 27.1. The lowest BCUT2D eigenvalue weighted by Crippen LogP contribution is -3.12. The molecule has 1 aromatic carbocycles. The van der Waals surface area contributed by atoms with E-state index in [1.165, 1.54) is 32.4 Å². The van der Waals surface area contributed by atoms with E-state index in [4.69, 9.17) is 0 Å². The van der Waals surface area contributed by atoms with E-state index in [9.17, 15) is 13.2 Å². The summed E-state index contributed by atoms with van der Waals surface area (Å²) in [6, 6.07) is 6.34. The van der Waals surface area contributed by atoms with Crippen LogP contribution in [0.3, 0.4) is 0 Å². The molecule has 3 rings (SSSR count). The van der Waals surface area contributed by atoms with Crippen molar-refractivity contribution in [1.29, 1.82) is 0 Å². The van der Waals surface area contributed by atoms with Gasteiger partial charge in [0.05, 0.1) is 24.5 Å². The third-order valence-corrected chi connectivity index (χ3v) is 7.96. The molecule has 0 saturated carbocycles. The van der Waals surface area contributed by atoms with Crippen LogP contribution in [0.25, 0.3) is 0 Å². The summed E-state index contributed by atoms with van der Waals surface area (Å²) in [7, 11) is -3.46. The number of hydrogen-bond donors (Lipinski definition) is 2. The van der Waals surface area contributed by atoms with Gasteiger partial charge in [-0.05, 0) is 62.3 Å². The maximum absolute atomic E-state index is 12.8. The molecule has 2 N–H and O–H groups in total. The molecule has 1 amide bonds. The van der Waals surface area contributed by atoms with Gasteiger partial charge in [-0.3, -0.25) is 4.79 Å². The second-order valence-corrected chi connectivity index (χ2v) is 10.2. The Labute approximate surface area is 169 Å². The zero-order valence-electron chi connectivity index (χ0n) is 17.0. The van der Waals surface area contributed by atoms with Crippen LogP contribution in [0.15, 0.2) is 29.2 Å². The molecule has 7 heteroatoms. The van der Waals surface area contributed by atoms with Gasteiger partial charge < -0.3 is 10.2 Å². The van der Waals surface area contributed by atoms with E-state index in [2.05, 4.69) is 12.2 Å². The van der Waals surface area contributed by atoms with Crippen molar-refractivity contribution < 1.29 is 18.1 Å². The first kappa shape index (κ1) is 21.3. The molecule has 1 aromatic rings. The fraction of sp³-hybridized carbons (Fsp3) is 0.667. The molecule has 2 heterocycles. The van der Waals surface area contributed by atoms with E-state index < -0.39 is 10.0 Å². The first-order valence-corrected chi connectivity index (χ1v) is 12.1. The van der Waals surface area contributed by atoms with Crippen LogP contribution in [-0.2, 0) is 10.0 Å². The van der Waals surface area contributed by atoms with Gasteiger partial charge in [0.15, 0.2) is 0 Å². The standard InChI is InChI=1S/C21H33N3O3S/c1-18-10-16-24(17-11-18)28(26,27)20-8-6-19(7-9-20)21(25)22-12-5-15-23-13-3-2-4-14-23/h6-9,18H,2-5,10-17H2,1H3,(H,22,25)/p+1. The Morgan fingerprint density at radius 1 is 1.11 bits per heavy atom. The van der Waals surface area contributed by atoms with Crippen molar-refractivity contribution in [2.75, 3.05) is 39.3 Å². The summed E-state index contributed by atoms with van der Waals surface area (Å²) in [5.41, 5.74) is 0.511. The minimum absolute atomic E-state index is 0.135. The number of likely N-dealkylation sites (tertiary alicyclic amines) is 1. The quantitative estimate of drug-likeness (QED) is 0.668. The number of nitrogens with one attached hydrogen (secondary N) is 2. The molecule has 2 saturated heterocycles. The monoisotopic (exact) mass is 408 g/mol. The number of quaternary nitrogens is 1. The zero-order chi connectivity index (χ0) is 20.0.